The molecule has 4 heterocycles. The van der Waals surface area contributed by atoms with Crippen LogP contribution in [0.1, 0.15) is 28.4 Å². The normalized spacial score (nSPS) is 25.8. The quantitative estimate of drug-likeness (QED) is 0.877. The minimum atomic E-state index is -0.198. The van der Waals surface area contributed by atoms with Crippen LogP contribution in [0.15, 0.2) is 35.1 Å². The van der Waals surface area contributed by atoms with Crippen molar-refractivity contribution in [2.24, 2.45) is 11.8 Å². The number of ether oxygens (including phenoxy) is 1. The molecule has 2 aliphatic rings. The lowest BCUT2D eigenvalue weighted by molar-refractivity contribution is 0.0737. The Morgan fingerprint density at radius 1 is 1.38 bits per heavy atom. The number of rotatable bonds is 5. The number of hydrogen-bond donors (Lipinski definition) is 1. The summed E-state index contributed by atoms with van der Waals surface area (Å²) in [6, 6.07) is 4.06. The Labute approximate surface area is 152 Å². The Kier molecular flexibility index (Phi) is 4.99. The van der Waals surface area contributed by atoms with Crippen LogP contribution in [0.25, 0.3) is 0 Å². The lowest BCUT2D eigenvalue weighted by Gasteiger charge is -2.35. The van der Waals surface area contributed by atoms with Gasteiger partial charge in [0.2, 0.25) is 0 Å². The number of carbonyl (C=O) groups is 1. The fourth-order valence-electron chi connectivity index (χ4n) is 4.01. The van der Waals surface area contributed by atoms with Gasteiger partial charge in [-0.3, -0.25) is 14.7 Å². The Balaban J connectivity index is 1.28. The van der Waals surface area contributed by atoms with Crippen LogP contribution in [0.5, 0.6) is 0 Å². The molecule has 0 bridgehead atoms. The summed E-state index contributed by atoms with van der Waals surface area (Å²) < 4.78 is 11.7. The molecule has 0 saturated carbocycles. The molecule has 2 saturated heterocycles. The number of nitrogens with zero attached hydrogens (tertiary/aromatic N) is 3. The number of carbonyl (C=O) groups excluding carboxylic acids is 1. The highest BCUT2D eigenvalue weighted by molar-refractivity contribution is 5.91. The summed E-state index contributed by atoms with van der Waals surface area (Å²) in [5, 5.41) is 2.93. The molecule has 1 N–H and O–H groups in total. The van der Waals surface area contributed by atoms with Gasteiger partial charge in [-0.1, -0.05) is 0 Å². The van der Waals surface area contributed by atoms with Crippen molar-refractivity contribution in [3.8, 4) is 0 Å². The van der Waals surface area contributed by atoms with Crippen LogP contribution >= 0.6 is 0 Å². The summed E-state index contributed by atoms with van der Waals surface area (Å²) >= 11 is 0. The predicted octanol–water partition coefficient (Wildman–Crippen LogP) is 1.64. The Bertz CT molecular complexity index is 748. The maximum absolute atomic E-state index is 12.1. The number of aryl methyl sites for hydroxylation is 1. The molecule has 2 aliphatic heterocycles. The average molecular weight is 356 g/mol. The Morgan fingerprint density at radius 3 is 3.08 bits per heavy atom. The Hall–Kier alpha value is -2.25. The van der Waals surface area contributed by atoms with Crippen molar-refractivity contribution < 1.29 is 13.9 Å². The van der Waals surface area contributed by atoms with Crippen molar-refractivity contribution in [1.29, 1.82) is 0 Å². The molecule has 0 unspecified atom stereocenters. The first kappa shape index (κ1) is 17.2. The maximum atomic E-state index is 12.1. The molecule has 3 atom stereocenters. The lowest BCUT2D eigenvalue weighted by Crippen LogP contribution is -2.43. The number of amides is 1. The van der Waals surface area contributed by atoms with E-state index >= 15 is 0 Å². The third kappa shape index (κ3) is 3.78. The minimum absolute atomic E-state index is 0.0774. The van der Waals surface area contributed by atoms with E-state index < -0.39 is 0 Å². The van der Waals surface area contributed by atoms with Gasteiger partial charge in [0.15, 0.2) is 0 Å². The van der Waals surface area contributed by atoms with Gasteiger partial charge in [-0.2, -0.15) is 0 Å². The molecule has 7 nitrogen and oxygen atoms in total. The molecule has 2 aromatic heterocycles. The number of furan rings is 1. The van der Waals surface area contributed by atoms with E-state index in [4.69, 9.17) is 9.15 Å². The number of hydrogen-bond acceptors (Lipinski definition) is 6. The number of piperidine rings is 1. The molecule has 7 heteroatoms. The molecular weight excluding hydrogens is 332 g/mol. The molecule has 0 aliphatic carbocycles. The van der Waals surface area contributed by atoms with Gasteiger partial charge >= 0.3 is 0 Å². The summed E-state index contributed by atoms with van der Waals surface area (Å²) in [5.41, 5.74) is 0.339. The largest absolute Gasteiger partial charge is 0.465 e. The fraction of sp³-hybridized carbons (Fsp3) is 0.526. The van der Waals surface area contributed by atoms with Crippen molar-refractivity contribution in [3.63, 3.8) is 0 Å². The van der Waals surface area contributed by atoms with E-state index in [-0.39, 0.29) is 12.0 Å². The lowest BCUT2D eigenvalue weighted by atomic mass is 9.84. The zero-order valence-electron chi connectivity index (χ0n) is 14.9. The molecule has 0 radical (unpaired) electrons. The third-order valence-corrected chi connectivity index (χ3v) is 5.31. The van der Waals surface area contributed by atoms with Crippen molar-refractivity contribution in [3.05, 3.63) is 47.9 Å². The van der Waals surface area contributed by atoms with Crippen molar-refractivity contribution in [1.82, 2.24) is 20.2 Å². The van der Waals surface area contributed by atoms with Crippen molar-refractivity contribution in [2.45, 2.75) is 26.0 Å². The molecule has 4 rings (SSSR count). The topological polar surface area (TPSA) is 80.5 Å². The standard InChI is InChI=1S/C19H24N4O3/c1-13-2-3-15(26-13)11-23-7-4-16-14(10-23)12-25-18(16)9-22-19(24)17-8-20-5-6-21-17/h2-3,5-6,8,14,16,18H,4,7,9-12H2,1H3,(H,22,24)/t14-,16-,18+/m0/s1. The SMILES string of the molecule is Cc1ccc(CN2CC[C@H]3[C@H](CO[C@@H]3CNC(=O)c3cnccn3)C2)o1. The predicted molar refractivity (Wildman–Crippen MR) is 94.4 cm³/mol. The van der Waals surface area contributed by atoms with Crippen molar-refractivity contribution in [2.75, 3.05) is 26.2 Å². The first-order valence-electron chi connectivity index (χ1n) is 9.12. The van der Waals surface area contributed by atoms with Crippen LogP contribution in [0, 0.1) is 18.8 Å². The smallest absolute Gasteiger partial charge is 0.271 e. The second-order valence-electron chi connectivity index (χ2n) is 7.13. The van der Waals surface area contributed by atoms with E-state index in [1.54, 1.807) is 6.20 Å². The van der Waals surface area contributed by atoms with Crippen LogP contribution in [-0.4, -0.2) is 53.1 Å². The second kappa shape index (κ2) is 7.55. The summed E-state index contributed by atoms with van der Waals surface area (Å²) in [6.45, 7) is 6.14. The molecule has 0 spiro atoms. The van der Waals surface area contributed by atoms with Gasteiger partial charge in [-0.25, -0.2) is 4.98 Å². The molecule has 138 valence electrons. The van der Waals surface area contributed by atoms with Gasteiger partial charge in [-0.15, -0.1) is 0 Å². The molecule has 2 aromatic rings. The highest BCUT2D eigenvalue weighted by atomic mass is 16.5. The van der Waals surface area contributed by atoms with Gasteiger partial charge in [0.25, 0.3) is 5.91 Å². The average Bonchev–Trinajstić information content (AvgIpc) is 3.26. The van der Waals surface area contributed by atoms with Crippen LogP contribution in [0.2, 0.25) is 0 Å². The van der Waals surface area contributed by atoms with E-state index in [0.29, 0.717) is 24.1 Å². The zero-order chi connectivity index (χ0) is 17.9. The van der Waals surface area contributed by atoms with Gasteiger partial charge in [0, 0.05) is 31.4 Å². The number of likely N-dealkylation sites (tertiary alicyclic amines) is 1. The van der Waals surface area contributed by atoms with Crippen LogP contribution in [0.3, 0.4) is 0 Å². The molecule has 2 fully saturated rings. The highest BCUT2D eigenvalue weighted by Crippen LogP contribution is 2.34. The van der Waals surface area contributed by atoms with E-state index in [1.807, 2.05) is 13.0 Å². The fourth-order valence-corrected chi connectivity index (χ4v) is 4.01. The van der Waals surface area contributed by atoms with E-state index in [9.17, 15) is 4.79 Å². The first-order valence-corrected chi connectivity index (χ1v) is 9.12. The van der Waals surface area contributed by atoms with Gasteiger partial charge in [0.1, 0.15) is 17.2 Å². The van der Waals surface area contributed by atoms with Crippen LogP contribution in [-0.2, 0) is 11.3 Å². The highest BCUT2D eigenvalue weighted by Gasteiger charge is 2.40. The second-order valence-corrected chi connectivity index (χ2v) is 7.13. The first-order chi connectivity index (χ1) is 12.7. The van der Waals surface area contributed by atoms with E-state index in [2.05, 4.69) is 26.3 Å². The molecule has 0 aromatic carbocycles. The summed E-state index contributed by atoms with van der Waals surface area (Å²) in [4.78, 5) is 22.5. The van der Waals surface area contributed by atoms with Crippen LogP contribution < -0.4 is 5.32 Å². The molecule has 1 amide bonds. The zero-order valence-corrected chi connectivity index (χ0v) is 14.9. The van der Waals surface area contributed by atoms with E-state index in [1.165, 1.54) is 12.4 Å². The van der Waals surface area contributed by atoms with Crippen molar-refractivity contribution >= 4 is 5.91 Å². The maximum Gasteiger partial charge on any atom is 0.271 e. The molecular formula is C19H24N4O3. The number of nitrogens with one attached hydrogen (secondary N) is 1. The van der Waals surface area contributed by atoms with Gasteiger partial charge in [-0.05, 0) is 37.9 Å². The van der Waals surface area contributed by atoms with E-state index in [0.717, 1.165) is 44.2 Å². The summed E-state index contributed by atoms with van der Waals surface area (Å²) in [5.74, 6) is 2.78. The molecule has 26 heavy (non-hydrogen) atoms. The monoisotopic (exact) mass is 356 g/mol. The third-order valence-electron chi connectivity index (χ3n) is 5.31. The summed E-state index contributed by atoms with van der Waals surface area (Å²) in [7, 11) is 0. The summed E-state index contributed by atoms with van der Waals surface area (Å²) in [6.07, 6.45) is 5.71. The Morgan fingerprint density at radius 2 is 2.31 bits per heavy atom. The number of aromatic nitrogens is 2. The van der Waals surface area contributed by atoms with Gasteiger partial charge < -0.3 is 14.5 Å². The number of fused-ring (bicyclic) bond motifs is 1. The van der Waals surface area contributed by atoms with Gasteiger partial charge in [0.05, 0.1) is 25.5 Å². The van der Waals surface area contributed by atoms with Crippen LogP contribution in [0.4, 0.5) is 0 Å². The minimum Gasteiger partial charge on any atom is -0.465 e.